The van der Waals surface area contributed by atoms with Gasteiger partial charge in [0.1, 0.15) is 18.3 Å². The molecule has 2 aromatic rings. The number of carbonyl (C=O) groups excluding carboxylic acids is 2. The highest BCUT2D eigenvalue weighted by atomic mass is 16.5. The van der Waals surface area contributed by atoms with Crippen molar-refractivity contribution in [1.82, 2.24) is 35.3 Å². The molecular formula is C22H35N7O4. The van der Waals surface area contributed by atoms with Crippen LogP contribution in [0.25, 0.3) is 11.6 Å². The molecule has 1 aliphatic heterocycles. The van der Waals surface area contributed by atoms with Crippen molar-refractivity contribution in [1.29, 1.82) is 0 Å². The summed E-state index contributed by atoms with van der Waals surface area (Å²) in [7, 11) is 0. The first-order chi connectivity index (χ1) is 15.7. The van der Waals surface area contributed by atoms with Crippen LogP contribution in [0, 0.1) is 6.92 Å². The van der Waals surface area contributed by atoms with E-state index in [4.69, 9.17) is 9.15 Å². The van der Waals surface area contributed by atoms with E-state index >= 15 is 0 Å². The Morgan fingerprint density at radius 1 is 1.24 bits per heavy atom. The summed E-state index contributed by atoms with van der Waals surface area (Å²) in [6.07, 6.45) is 0.498. The second kappa shape index (κ2) is 10.9. The summed E-state index contributed by atoms with van der Waals surface area (Å²) in [6.45, 7) is 13.5. The molecule has 1 aliphatic rings. The average molecular weight is 462 g/mol. The number of ether oxygens (including phenoxy) is 1. The molecule has 33 heavy (non-hydrogen) atoms. The number of hydrogen-bond donors (Lipinski definition) is 1. The third kappa shape index (κ3) is 7.10. The zero-order valence-electron chi connectivity index (χ0n) is 20.2. The van der Waals surface area contributed by atoms with Crippen molar-refractivity contribution < 1.29 is 18.7 Å². The molecule has 1 N–H and O–H groups in total. The Labute approximate surface area is 194 Å². The Kier molecular flexibility index (Phi) is 8.20. The number of morpholine rings is 1. The van der Waals surface area contributed by atoms with E-state index < -0.39 is 11.6 Å². The molecule has 3 heterocycles. The lowest BCUT2D eigenvalue weighted by atomic mass is 10.1. The maximum Gasteiger partial charge on any atom is 0.246 e. The summed E-state index contributed by atoms with van der Waals surface area (Å²) in [4.78, 5) is 31.5. The standard InChI is InChI=1S/C22H35N7O4/c1-6-17(21(31)23-22(3,4)5)28(10-9-27-11-13-32-14-12-27)19(30)15-29-25-20(24-26-29)18-8-7-16(2)33-18/h7-8,17H,6,9-15H2,1-5H3,(H,23,31)/t17-/m0/s1. The third-order valence-electron chi connectivity index (χ3n) is 5.34. The van der Waals surface area contributed by atoms with Crippen LogP contribution in [-0.2, 0) is 20.9 Å². The predicted octanol–water partition coefficient (Wildman–Crippen LogP) is 1.10. The molecule has 0 radical (unpaired) electrons. The Morgan fingerprint density at radius 2 is 1.97 bits per heavy atom. The summed E-state index contributed by atoms with van der Waals surface area (Å²) in [5.74, 6) is 1.14. The molecule has 3 rings (SSSR count). The number of aromatic nitrogens is 4. The number of hydrogen-bond acceptors (Lipinski definition) is 8. The van der Waals surface area contributed by atoms with Crippen molar-refractivity contribution in [2.75, 3.05) is 39.4 Å². The molecule has 0 spiro atoms. The van der Waals surface area contributed by atoms with Crippen LogP contribution in [0.3, 0.4) is 0 Å². The zero-order valence-corrected chi connectivity index (χ0v) is 20.2. The maximum atomic E-state index is 13.4. The first-order valence-corrected chi connectivity index (χ1v) is 11.4. The highest BCUT2D eigenvalue weighted by Gasteiger charge is 2.31. The van der Waals surface area contributed by atoms with Crippen LogP contribution in [0.1, 0.15) is 39.9 Å². The normalized spacial score (nSPS) is 15.9. The van der Waals surface area contributed by atoms with E-state index in [1.807, 2.05) is 40.7 Å². The molecule has 2 aromatic heterocycles. The Morgan fingerprint density at radius 3 is 2.58 bits per heavy atom. The van der Waals surface area contributed by atoms with Gasteiger partial charge in [0.05, 0.1) is 13.2 Å². The minimum absolute atomic E-state index is 0.116. The van der Waals surface area contributed by atoms with Gasteiger partial charge in [-0.05, 0) is 51.5 Å². The minimum Gasteiger partial charge on any atom is -0.458 e. The fourth-order valence-corrected chi connectivity index (χ4v) is 3.70. The number of amides is 2. The van der Waals surface area contributed by atoms with Crippen LogP contribution in [0.2, 0.25) is 0 Å². The molecule has 1 fully saturated rings. The summed E-state index contributed by atoms with van der Waals surface area (Å²) in [5, 5.41) is 15.3. The molecule has 11 nitrogen and oxygen atoms in total. The van der Waals surface area contributed by atoms with Crippen LogP contribution < -0.4 is 5.32 Å². The monoisotopic (exact) mass is 461 g/mol. The molecule has 11 heteroatoms. The highest BCUT2D eigenvalue weighted by Crippen LogP contribution is 2.17. The van der Waals surface area contributed by atoms with E-state index in [1.165, 1.54) is 4.80 Å². The molecule has 0 unspecified atom stereocenters. The van der Waals surface area contributed by atoms with Crippen molar-refractivity contribution in [2.24, 2.45) is 0 Å². The van der Waals surface area contributed by atoms with Crippen molar-refractivity contribution in [3.63, 3.8) is 0 Å². The van der Waals surface area contributed by atoms with Crippen LogP contribution in [0.5, 0.6) is 0 Å². The summed E-state index contributed by atoms with van der Waals surface area (Å²) < 4.78 is 10.9. The molecule has 2 amide bonds. The number of nitrogens with one attached hydrogen (secondary N) is 1. The fraction of sp³-hybridized carbons (Fsp3) is 0.682. The van der Waals surface area contributed by atoms with Crippen LogP contribution in [-0.4, -0.2) is 92.8 Å². The van der Waals surface area contributed by atoms with Gasteiger partial charge in [0, 0.05) is 31.7 Å². The van der Waals surface area contributed by atoms with Gasteiger partial charge >= 0.3 is 0 Å². The number of furan rings is 1. The molecule has 182 valence electrons. The predicted molar refractivity (Wildman–Crippen MR) is 121 cm³/mol. The van der Waals surface area contributed by atoms with Gasteiger partial charge in [0.2, 0.25) is 17.6 Å². The van der Waals surface area contributed by atoms with Crippen LogP contribution in [0.4, 0.5) is 0 Å². The van der Waals surface area contributed by atoms with Gasteiger partial charge in [-0.2, -0.15) is 4.80 Å². The Balaban J connectivity index is 1.74. The van der Waals surface area contributed by atoms with Gasteiger partial charge in [-0.25, -0.2) is 0 Å². The molecule has 1 saturated heterocycles. The second-order valence-electron chi connectivity index (χ2n) is 9.26. The number of aryl methyl sites for hydroxylation is 1. The topological polar surface area (TPSA) is 119 Å². The van der Waals surface area contributed by atoms with Crippen LogP contribution in [0.15, 0.2) is 16.5 Å². The lowest BCUT2D eigenvalue weighted by molar-refractivity contribution is -0.142. The van der Waals surface area contributed by atoms with Gasteiger partial charge in [-0.1, -0.05) is 6.92 Å². The lowest BCUT2D eigenvalue weighted by Crippen LogP contribution is -2.56. The van der Waals surface area contributed by atoms with E-state index in [-0.39, 0.29) is 18.4 Å². The number of tetrazole rings is 1. The van der Waals surface area contributed by atoms with Gasteiger partial charge in [-0.3, -0.25) is 14.5 Å². The first kappa shape index (κ1) is 24.8. The molecule has 0 saturated carbocycles. The van der Waals surface area contributed by atoms with Gasteiger partial charge < -0.3 is 19.4 Å². The van der Waals surface area contributed by atoms with E-state index in [2.05, 4.69) is 25.6 Å². The molecule has 1 atom stereocenters. The van der Waals surface area contributed by atoms with Gasteiger partial charge in [0.25, 0.3) is 0 Å². The van der Waals surface area contributed by atoms with Gasteiger partial charge in [0.15, 0.2) is 5.76 Å². The van der Waals surface area contributed by atoms with Crippen molar-refractivity contribution in [2.45, 2.75) is 59.2 Å². The number of carbonyl (C=O) groups is 2. The van der Waals surface area contributed by atoms with Crippen molar-refractivity contribution in [3.05, 3.63) is 17.9 Å². The highest BCUT2D eigenvalue weighted by molar-refractivity contribution is 5.88. The third-order valence-corrected chi connectivity index (χ3v) is 5.34. The Hall–Kier alpha value is -2.79. The Bertz CT molecular complexity index is 927. The smallest absolute Gasteiger partial charge is 0.246 e. The minimum atomic E-state index is -0.589. The van der Waals surface area contributed by atoms with Crippen molar-refractivity contribution >= 4 is 11.8 Å². The molecule has 0 aliphatic carbocycles. The largest absolute Gasteiger partial charge is 0.458 e. The van der Waals surface area contributed by atoms with E-state index in [0.29, 0.717) is 44.3 Å². The number of nitrogens with zero attached hydrogens (tertiary/aromatic N) is 6. The van der Waals surface area contributed by atoms with Crippen molar-refractivity contribution in [3.8, 4) is 11.6 Å². The zero-order chi connectivity index (χ0) is 24.0. The molecular weight excluding hydrogens is 426 g/mol. The first-order valence-electron chi connectivity index (χ1n) is 11.4. The quantitative estimate of drug-likeness (QED) is 0.590. The van der Waals surface area contributed by atoms with E-state index in [9.17, 15) is 9.59 Å². The molecule has 0 bridgehead atoms. The average Bonchev–Trinajstić information content (AvgIpc) is 3.39. The van der Waals surface area contributed by atoms with E-state index in [0.717, 1.165) is 18.8 Å². The SMILES string of the molecule is CC[C@@H](C(=O)NC(C)(C)C)N(CCN1CCOCC1)C(=O)Cn1nnc(-c2ccc(C)o2)n1. The maximum absolute atomic E-state index is 13.4. The molecule has 0 aromatic carbocycles. The fourth-order valence-electron chi connectivity index (χ4n) is 3.70. The van der Waals surface area contributed by atoms with Gasteiger partial charge in [-0.15, -0.1) is 10.2 Å². The van der Waals surface area contributed by atoms with Crippen LogP contribution >= 0.6 is 0 Å². The summed E-state index contributed by atoms with van der Waals surface area (Å²) >= 11 is 0. The number of rotatable bonds is 9. The lowest BCUT2D eigenvalue weighted by Gasteiger charge is -2.35. The second-order valence-corrected chi connectivity index (χ2v) is 9.26. The summed E-state index contributed by atoms with van der Waals surface area (Å²) in [5.41, 5.74) is -0.396. The summed E-state index contributed by atoms with van der Waals surface area (Å²) in [6, 6.07) is 2.99. The van der Waals surface area contributed by atoms with E-state index in [1.54, 1.807) is 11.0 Å².